The number of anilines is 1. The molecule has 1 fully saturated rings. The van der Waals surface area contributed by atoms with Crippen LogP contribution in [0.5, 0.6) is 0 Å². The second kappa shape index (κ2) is 3.30. The van der Waals surface area contributed by atoms with Gasteiger partial charge in [-0.3, -0.25) is 0 Å². The van der Waals surface area contributed by atoms with Crippen LogP contribution in [-0.2, 0) is 0 Å². The summed E-state index contributed by atoms with van der Waals surface area (Å²) in [6, 6.07) is 5.47. The van der Waals surface area contributed by atoms with Crippen molar-refractivity contribution in [1.29, 1.82) is 5.26 Å². The molecule has 1 aliphatic carbocycles. The first kappa shape index (κ1) is 9.01. The van der Waals surface area contributed by atoms with Gasteiger partial charge in [0, 0.05) is 6.04 Å². The number of aryl methyl sites for hydroxylation is 1. The van der Waals surface area contributed by atoms with Gasteiger partial charge in [-0.2, -0.15) is 5.26 Å². The molecule has 0 atom stereocenters. The van der Waals surface area contributed by atoms with Crippen LogP contribution in [0, 0.1) is 24.1 Å². The third kappa shape index (κ3) is 1.69. The van der Waals surface area contributed by atoms with Gasteiger partial charge >= 0.3 is 0 Å². The number of nitriles is 1. The zero-order valence-electron chi connectivity index (χ0n) is 7.97. The maximum absolute atomic E-state index is 13.1. The average Bonchev–Trinajstić information content (AvgIpc) is 2.95. The zero-order valence-corrected chi connectivity index (χ0v) is 7.97. The number of benzene rings is 1. The molecule has 1 saturated carbocycles. The minimum atomic E-state index is -0.317. The standard InChI is InChI=1S/C11H11FN2/c1-7-4-11(14-9-2-3-9)8(6-13)5-10(7)12/h4-5,9,14H,2-3H2,1H3. The molecule has 0 spiro atoms. The van der Waals surface area contributed by atoms with E-state index in [-0.39, 0.29) is 5.82 Å². The van der Waals surface area contributed by atoms with Crippen molar-refractivity contribution in [2.24, 2.45) is 0 Å². The smallest absolute Gasteiger partial charge is 0.127 e. The third-order valence-corrected chi connectivity index (χ3v) is 2.36. The summed E-state index contributed by atoms with van der Waals surface area (Å²) in [7, 11) is 0. The predicted molar refractivity (Wildman–Crippen MR) is 52.5 cm³/mol. The van der Waals surface area contributed by atoms with E-state index < -0.39 is 0 Å². The Morgan fingerprint density at radius 3 is 2.79 bits per heavy atom. The molecule has 0 aliphatic heterocycles. The van der Waals surface area contributed by atoms with Gasteiger partial charge in [0.25, 0.3) is 0 Å². The van der Waals surface area contributed by atoms with Crippen molar-refractivity contribution in [3.63, 3.8) is 0 Å². The van der Waals surface area contributed by atoms with Crippen LogP contribution in [0.1, 0.15) is 24.0 Å². The van der Waals surface area contributed by atoms with Gasteiger partial charge in [0.2, 0.25) is 0 Å². The minimum absolute atomic E-state index is 0.317. The highest BCUT2D eigenvalue weighted by Gasteiger charge is 2.22. The molecule has 1 aliphatic rings. The lowest BCUT2D eigenvalue weighted by Gasteiger charge is -2.08. The summed E-state index contributed by atoms with van der Waals surface area (Å²) in [5.74, 6) is -0.317. The minimum Gasteiger partial charge on any atom is -0.381 e. The molecule has 0 saturated heterocycles. The second-order valence-corrected chi connectivity index (χ2v) is 3.68. The van der Waals surface area contributed by atoms with Gasteiger partial charge < -0.3 is 5.32 Å². The molecule has 0 aromatic heterocycles. The van der Waals surface area contributed by atoms with E-state index in [1.165, 1.54) is 6.07 Å². The molecule has 3 heteroatoms. The molecule has 0 unspecified atom stereocenters. The van der Waals surface area contributed by atoms with Gasteiger partial charge in [0.15, 0.2) is 0 Å². The van der Waals surface area contributed by atoms with Crippen LogP contribution in [0.4, 0.5) is 10.1 Å². The molecule has 0 radical (unpaired) electrons. The quantitative estimate of drug-likeness (QED) is 0.778. The highest BCUT2D eigenvalue weighted by molar-refractivity contribution is 5.60. The van der Waals surface area contributed by atoms with Crippen molar-refractivity contribution in [3.8, 4) is 6.07 Å². The van der Waals surface area contributed by atoms with Crippen LogP contribution in [0.25, 0.3) is 0 Å². The first-order chi connectivity index (χ1) is 6.70. The fourth-order valence-corrected chi connectivity index (χ4v) is 1.34. The molecule has 1 aromatic carbocycles. The topological polar surface area (TPSA) is 35.8 Å². The SMILES string of the molecule is Cc1cc(NC2CC2)c(C#N)cc1F. The maximum Gasteiger partial charge on any atom is 0.127 e. The van der Waals surface area contributed by atoms with Crippen molar-refractivity contribution >= 4 is 5.69 Å². The van der Waals surface area contributed by atoms with Gasteiger partial charge in [0.1, 0.15) is 11.9 Å². The maximum atomic E-state index is 13.1. The first-order valence-corrected chi connectivity index (χ1v) is 4.67. The van der Waals surface area contributed by atoms with E-state index in [4.69, 9.17) is 5.26 Å². The molecule has 2 rings (SSSR count). The lowest BCUT2D eigenvalue weighted by atomic mass is 10.1. The largest absolute Gasteiger partial charge is 0.381 e. The zero-order chi connectivity index (χ0) is 10.1. The summed E-state index contributed by atoms with van der Waals surface area (Å²) in [5, 5.41) is 12.0. The lowest BCUT2D eigenvalue weighted by Crippen LogP contribution is -2.03. The highest BCUT2D eigenvalue weighted by Crippen LogP contribution is 2.28. The second-order valence-electron chi connectivity index (χ2n) is 3.68. The lowest BCUT2D eigenvalue weighted by molar-refractivity contribution is 0.618. The van der Waals surface area contributed by atoms with Crippen LogP contribution in [0.3, 0.4) is 0 Å². The first-order valence-electron chi connectivity index (χ1n) is 4.67. The van der Waals surface area contributed by atoms with Crippen LogP contribution >= 0.6 is 0 Å². The number of nitrogens with one attached hydrogen (secondary N) is 1. The highest BCUT2D eigenvalue weighted by atomic mass is 19.1. The Labute approximate surface area is 82.4 Å². The van der Waals surface area contributed by atoms with E-state index in [1.54, 1.807) is 13.0 Å². The van der Waals surface area contributed by atoms with E-state index in [9.17, 15) is 4.39 Å². The summed E-state index contributed by atoms with van der Waals surface area (Å²) in [6.07, 6.45) is 2.28. The van der Waals surface area contributed by atoms with Gasteiger partial charge in [-0.25, -0.2) is 4.39 Å². The number of halogens is 1. The molecule has 2 nitrogen and oxygen atoms in total. The molecule has 72 valence electrons. The summed E-state index contributed by atoms with van der Waals surface area (Å²) in [5.41, 5.74) is 1.72. The van der Waals surface area contributed by atoms with E-state index in [2.05, 4.69) is 5.32 Å². The Hall–Kier alpha value is -1.56. The van der Waals surface area contributed by atoms with Gasteiger partial charge in [-0.1, -0.05) is 0 Å². The fourth-order valence-electron chi connectivity index (χ4n) is 1.34. The van der Waals surface area contributed by atoms with Crippen LogP contribution in [0.2, 0.25) is 0 Å². The normalized spacial score (nSPS) is 14.9. The molecule has 0 amide bonds. The van der Waals surface area contributed by atoms with Crippen LogP contribution in [0.15, 0.2) is 12.1 Å². The number of hydrogen-bond acceptors (Lipinski definition) is 2. The van der Waals surface area contributed by atoms with E-state index >= 15 is 0 Å². The molecule has 0 heterocycles. The van der Waals surface area contributed by atoms with E-state index in [1.807, 2.05) is 6.07 Å². The van der Waals surface area contributed by atoms with Crippen molar-refractivity contribution in [1.82, 2.24) is 0 Å². The molecule has 0 bridgehead atoms. The van der Waals surface area contributed by atoms with Crippen LogP contribution in [-0.4, -0.2) is 6.04 Å². The predicted octanol–water partition coefficient (Wildman–Crippen LogP) is 2.58. The van der Waals surface area contributed by atoms with Crippen molar-refractivity contribution in [3.05, 3.63) is 29.1 Å². The summed E-state index contributed by atoms with van der Waals surface area (Å²) < 4.78 is 13.1. The van der Waals surface area contributed by atoms with E-state index in [0.717, 1.165) is 18.5 Å². The molecule has 1 aromatic rings. The Kier molecular flexibility index (Phi) is 2.12. The number of hydrogen-bond donors (Lipinski definition) is 1. The monoisotopic (exact) mass is 190 g/mol. The van der Waals surface area contributed by atoms with Crippen molar-refractivity contribution < 1.29 is 4.39 Å². The number of rotatable bonds is 2. The van der Waals surface area contributed by atoms with Gasteiger partial charge in [-0.15, -0.1) is 0 Å². The van der Waals surface area contributed by atoms with Crippen molar-refractivity contribution in [2.75, 3.05) is 5.32 Å². The Morgan fingerprint density at radius 1 is 1.50 bits per heavy atom. The third-order valence-electron chi connectivity index (χ3n) is 2.36. The van der Waals surface area contributed by atoms with Gasteiger partial charge in [-0.05, 0) is 37.5 Å². The molecule has 1 N–H and O–H groups in total. The van der Waals surface area contributed by atoms with Gasteiger partial charge in [0.05, 0.1) is 11.3 Å². The average molecular weight is 190 g/mol. The Balaban J connectivity index is 2.36. The fraction of sp³-hybridized carbons (Fsp3) is 0.364. The molecular weight excluding hydrogens is 179 g/mol. The summed E-state index contributed by atoms with van der Waals surface area (Å²) in [4.78, 5) is 0. The summed E-state index contributed by atoms with van der Waals surface area (Å²) >= 11 is 0. The molecule has 14 heavy (non-hydrogen) atoms. The Morgan fingerprint density at radius 2 is 2.21 bits per heavy atom. The Bertz CT molecular complexity index is 402. The van der Waals surface area contributed by atoms with Crippen LogP contribution < -0.4 is 5.32 Å². The summed E-state index contributed by atoms with van der Waals surface area (Å²) in [6.45, 7) is 1.70. The molecular formula is C11H11FN2. The number of nitrogens with zero attached hydrogens (tertiary/aromatic N) is 1. The van der Waals surface area contributed by atoms with Crippen molar-refractivity contribution in [2.45, 2.75) is 25.8 Å². The van der Waals surface area contributed by atoms with E-state index in [0.29, 0.717) is 17.2 Å².